The van der Waals surface area contributed by atoms with Gasteiger partial charge in [0, 0.05) is 11.1 Å². The Bertz CT molecular complexity index is 2490. The molecular weight excluding hydrogens is 806 g/mol. The molecule has 0 amide bonds. The summed E-state index contributed by atoms with van der Waals surface area (Å²) in [6.07, 6.45) is 0. The molecule has 5 aromatic rings. The van der Waals surface area contributed by atoms with E-state index in [0.717, 1.165) is 0 Å². The zero-order valence-electron chi connectivity index (χ0n) is 24.2. The second kappa shape index (κ2) is 12.5. The molecule has 0 saturated heterocycles. The van der Waals surface area contributed by atoms with Crippen LogP contribution in [0.5, 0.6) is 17.2 Å². The molecular formula is C29BF21O3. The first kappa shape index (κ1) is 38.1. The van der Waals surface area contributed by atoms with Crippen molar-refractivity contribution in [2.24, 2.45) is 0 Å². The van der Waals surface area contributed by atoms with Crippen molar-refractivity contribution < 1.29 is 106 Å². The van der Waals surface area contributed by atoms with Crippen LogP contribution in [-0.4, -0.2) is 7.32 Å². The summed E-state index contributed by atoms with van der Waals surface area (Å²) in [5.74, 6) is -71.5. The molecule has 3 nitrogen and oxygen atoms in total. The first-order chi connectivity index (χ1) is 25.0. The van der Waals surface area contributed by atoms with Crippen molar-refractivity contribution in [3.63, 3.8) is 0 Å². The van der Waals surface area contributed by atoms with E-state index in [-0.39, 0.29) is 0 Å². The first-order valence-electron chi connectivity index (χ1n) is 13.3. The van der Waals surface area contributed by atoms with Gasteiger partial charge in [0.1, 0.15) is 0 Å². The van der Waals surface area contributed by atoms with Crippen LogP contribution in [0.2, 0.25) is 0 Å². The topological polar surface area (TPSA) is 27.7 Å². The number of benzene rings is 5. The monoisotopic (exact) mass is 806 g/mol. The molecule has 25 heteroatoms. The molecule has 1 aliphatic carbocycles. The summed E-state index contributed by atoms with van der Waals surface area (Å²) >= 11 is 0. The van der Waals surface area contributed by atoms with Crippen LogP contribution in [0.25, 0.3) is 21.9 Å². The lowest BCUT2D eigenvalue weighted by molar-refractivity contribution is 0.0401. The maximum atomic E-state index is 15.7. The maximum Gasteiger partial charge on any atom is 0.864 e. The molecule has 0 N–H and O–H groups in total. The summed E-state index contributed by atoms with van der Waals surface area (Å²) in [5, 5.41) is -4.91. The molecule has 0 fully saturated rings. The van der Waals surface area contributed by atoms with Gasteiger partial charge in [-0.05, 0) is 0 Å². The molecule has 0 spiro atoms. The van der Waals surface area contributed by atoms with Crippen molar-refractivity contribution in [3.05, 3.63) is 122 Å². The molecule has 5 aromatic carbocycles. The molecule has 0 aromatic heterocycles. The van der Waals surface area contributed by atoms with E-state index in [4.69, 9.17) is 0 Å². The highest BCUT2D eigenvalue weighted by molar-refractivity contribution is 6.40. The number of halogens is 21. The average molecular weight is 806 g/mol. The Morgan fingerprint density at radius 1 is 0.278 bits per heavy atom. The standard InChI is InChI=1S/C29BF21O3/c31-7-1-2-6(29(50,51)5(1)12(36)18(42)13(7)37)27(23(47)16(40)8(2)32)53-30(54-28-24(48)20(44)19(43)21(45)25(28)49)52-26-4-3(10(34)17(41)22(26)46)9(33)14(38)15(39)11(4)35. The number of hydrogen-bond acceptors (Lipinski definition) is 3. The normalized spacial score (nSPS) is 13.1. The van der Waals surface area contributed by atoms with Crippen LogP contribution in [0.4, 0.5) is 92.2 Å². The van der Waals surface area contributed by atoms with E-state index in [1.807, 2.05) is 0 Å². The third-order valence-corrected chi connectivity index (χ3v) is 7.54. The van der Waals surface area contributed by atoms with Crippen LogP contribution >= 0.6 is 0 Å². The van der Waals surface area contributed by atoms with Crippen LogP contribution in [0.15, 0.2) is 0 Å². The Labute approximate surface area is 280 Å². The van der Waals surface area contributed by atoms with Crippen molar-refractivity contribution >= 4 is 18.1 Å². The molecule has 54 heavy (non-hydrogen) atoms. The quantitative estimate of drug-likeness (QED) is 0.0741. The fraction of sp³-hybridized carbons (Fsp3) is 0.0345. The molecule has 1 aliphatic rings. The second-order valence-electron chi connectivity index (χ2n) is 10.4. The van der Waals surface area contributed by atoms with Gasteiger partial charge in [-0.1, -0.05) is 0 Å². The second-order valence-corrected chi connectivity index (χ2v) is 10.4. The van der Waals surface area contributed by atoms with Gasteiger partial charge in [-0.2, -0.15) is 26.3 Å². The zero-order valence-corrected chi connectivity index (χ0v) is 24.2. The van der Waals surface area contributed by atoms with Gasteiger partial charge in [0.15, 0.2) is 87.1 Å². The Morgan fingerprint density at radius 3 is 1.09 bits per heavy atom. The van der Waals surface area contributed by atoms with Crippen LogP contribution in [0, 0.1) is 111 Å². The molecule has 0 atom stereocenters. The van der Waals surface area contributed by atoms with Gasteiger partial charge in [0.2, 0.25) is 40.7 Å². The Morgan fingerprint density at radius 2 is 0.574 bits per heavy atom. The molecule has 0 heterocycles. The van der Waals surface area contributed by atoms with Crippen molar-refractivity contribution in [2.45, 2.75) is 5.92 Å². The van der Waals surface area contributed by atoms with Crippen molar-refractivity contribution in [1.82, 2.24) is 0 Å². The lowest BCUT2D eigenvalue weighted by Crippen LogP contribution is -2.39. The molecule has 0 aliphatic heterocycles. The highest BCUT2D eigenvalue weighted by Crippen LogP contribution is 2.58. The van der Waals surface area contributed by atoms with Gasteiger partial charge in [-0.25, -0.2) is 65.9 Å². The van der Waals surface area contributed by atoms with Gasteiger partial charge in [0.05, 0.1) is 21.9 Å². The van der Waals surface area contributed by atoms with E-state index < -0.39 is 174 Å². The van der Waals surface area contributed by atoms with Crippen LogP contribution in [-0.2, 0) is 5.92 Å². The summed E-state index contributed by atoms with van der Waals surface area (Å²) in [6.45, 7) is 0. The minimum Gasteiger partial charge on any atom is -0.486 e. The summed E-state index contributed by atoms with van der Waals surface area (Å²) in [5.41, 5.74) is -10.4. The fourth-order valence-electron chi connectivity index (χ4n) is 5.20. The van der Waals surface area contributed by atoms with Crippen molar-refractivity contribution in [1.29, 1.82) is 0 Å². The highest BCUT2D eigenvalue weighted by atomic mass is 19.3. The van der Waals surface area contributed by atoms with E-state index in [9.17, 15) is 74.6 Å². The van der Waals surface area contributed by atoms with E-state index in [2.05, 4.69) is 14.0 Å². The molecule has 0 bridgehead atoms. The summed E-state index contributed by atoms with van der Waals surface area (Å²) in [4.78, 5) is 0. The van der Waals surface area contributed by atoms with Crippen LogP contribution in [0.1, 0.15) is 11.1 Å². The van der Waals surface area contributed by atoms with Gasteiger partial charge in [-0.3, -0.25) is 0 Å². The molecule has 6 rings (SSSR count). The van der Waals surface area contributed by atoms with Crippen LogP contribution < -0.4 is 14.0 Å². The van der Waals surface area contributed by atoms with E-state index in [0.29, 0.717) is 0 Å². The van der Waals surface area contributed by atoms with Gasteiger partial charge < -0.3 is 14.0 Å². The third-order valence-electron chi connectivity index (χ3n) is 7.54. The number of fused-ring (bicyclic) bond motifs is 4. The predicted molar refractivity (Wildman–Crippen MR) is 132 cm³/mol. The SMILES string of the molecule is Fc1c(F)c(F)c(OB(Oc2c(F)c(F)c(F)c3c2C(F)(F)c2c(F)c(F)c(F)c(F)c2-3)Oc2c(F)c(F)c(F)c3c(F)c(F)c(F)c(F)c23)c(F)c1F. The summed E-state index contributed by atoms with van der Waals surface area (Å²) in [6, 6.07) is 0. The largest absolute Gasteiger partial charge is 0.864 e. The van der Waals surface area contributed by atoms with Crippen molar-refractivity contribution in [3.8, 4) is 28.4 Å². The lowest BCUT2D eigenvalue weighted by atomic mass is 10.0. The van der Waals surface area contributed by atoms with E-state index >= 15 is 17.6 Å². The number of alkyl halides is 2. The lowest BCUT2D eigenvalue weighted by Gasteiger charge is -2.23. The Kier molecular flexibility index (Phi) is 8.79. The maximum absolute atomic E-state index is 15.7. The predicted octanol–water partition coefficient (Wildman–Crippen LogP) is 10.1. The molecule has 0 unspecified atom stereocenters. The van der Waals surface area contributed by atoms with Crippen molar-refractivity contribution in [2.75, 3.05) is 0 Å². The van der Waals surface area contributed by atoms with Gasteiger partial charge >= 0.3 is 13.2 Å². The zero-order chi connectivity index (χ0) is 40.4. The fourth-order valence-corrected chi connectivity index (χ4v) is 5.20. The van der Waals surface area contributed by atoms with Crippen LogP contribution in [0.3, 0.4) is 0 Å². The summed E-state index contributed by atoms with van der Waals surface area (Å²) < 4.78 is 319. The number of hydrogen-bond donors (Lipinski definition) is 0. The van der Waals surface area contributed by atoms with Gasteiger partial charge in [0.25, 0.3) is 0 Å². The number of rotatable bonds is 6. The minimum absolute atomic E-state index is 2.40. The summed E-state index contributed by atoms with van der Waals surface area (Å²) in [7, 11) is -4.23. The Hall–Kier alpha value is -5.65. The average Bonchev–Trinajstić information content (AvgIpc) is 3.38. The van der Waals surface area contributed by atoms with E-state index in [1.54, 1.807) is 0 Å². The molecule has 0 radical (unpaired) electrons. The smallest absolute Gasteiger partial charge is 0.486 e. The van der Waals surface area contributed by atoms with E-state index in [1.165, 1.54) is 0 Å². The molecule has 0 saturated carbocycles. The highest BCUT2D eigenvalue weighted by Gasteiger charge is 2.56. The minimum atomic E-state index is -5.68. The third kappa shape index (κ3) is 4.98. The first-order valence-corrected chi connectivity index (χ1v) is 13.3. The Balaban J connectivity index is 1.68. The van der Waals surface area contributed by atoms with Gasteiger partial charge in [-0.15, -0.1) is 0 Å². The molecule has 284 valence electrons.